The Labute approximate surface area is 123 Å². The van der Waals surface area contributed by atoms with Crippen molar-refractivity contribution in [3.05, 3.63) is 22.7 Å². The Balaban J connectivity index is 2.31. The van der Waals surface area contributed by atoms with Crippen LogP contribution in [0.15, 0.2) is 17.1 Å². The van der Waals surface area contributed by atoms with Crippen molar-refractivity contribution in [2.75, 3.05) is 31.2 Å². The van der Waals surface area contributed by atoms with E-state index in [4.69, 9.17) is 16.3 Å². The molecule has 8 heteroatoms. The number of halogens is 1. The fourth-order valence-electron chi connectivity index (χ4n) is 1.94. The van der Waals surface area contributed by atoms with Crippen LogP contribution in [0, 0.1) is 0 Å². The van der Waals surface area contributed by atoms with Gasteiger partial charge in [-0.2, -0.15) is 0 Å². The van der Waals surface area contributed by atoms with Crippen LogP contribution in [-0.2, 0) is 16.4 Å². The molecule has 0 fully saturated rings. The first-order valence-corrected chi connectivity index (χ1v) is 8.27. The summed E-state index contributed by atoms with van der Waals surface area (Å²) in [7, 11) is -1.95. The van der Waals surface area contributed by atoms with Crippen LogP contribution in [0.1, 0.15) is 5.56 Å². The number of amidine groups is 1. The third-order valence-corrected chi connectivity index (χ3v) is 3.61. The molecule has 0 radical (unpaired) electrons. The molecule has 1 aliphatic heterocycles. The molecular weight excluding hydrogens is 302 g/mol. The summed E-state index contributed by atoms with van der Waals surface area (Å²) < 4.78 is 30.2. The van der Waals surface area contributed by atoms with Crippen LogP contribution < -0.4 is 14.8 Å². The molecule has 0 unspecified atom stereocenters. The van der Waals surface area contributed by atoms with Crippen LogP contribution in [0.25, 0.3) is 0 Å². The highest BCUT2D eigenvalue weighted by atomic mass is 35.5. The van der Waals surface area contributed by atoms with Crippen LogP contribution in [0.5, 0.6) is 5.75 Å². The molecule has 0 aromatic heterocycles. The molecule has 0 aliphatic carbocycles. The standard InChI is InChI=1S/C12H16ClN3O3S/c1-19-10-6-8(7-11-14-3-4-15-11)5-9(13)12(10)16-20(2,17)18/h5-6,16H,3-4,7H2,1-2H3,(H,14,15). The molecule has 20 heavy (non-hydrogen) atoms. The molecule has 1 heterocycles. The van der Waals surface area contributed by atoms with Gasteiger partial charge in [0.05, 0.1) is 24.9 Å². The summed E-state index contributed by atoms with van der Waals surface area (Å²) in [5.41, 5.74) is 1.15. The molecule has 2 N–H and O–H groups in total. The summed E-state index contributed by atoms with van der Waals surface area (Å²) in [6.07, 6.45) is 1.67. The van der Waals surface area contributed by atoms with Gasteiger partial charge in [-0.25, -0.2) is 8.42 Å². The Kier molecular flexibility index (Phi) is 4.39. The van der Waals surface area contributed by atoms with Crippen LogP contribution >= 0.6 is 11.6 Å². The van der Waals surface area contributed by atoms with E-state index >= 15 is 0 Å². The number of rotatable bonds is 5. The van der Waals surface area contributed by atoms with E-state index in [1.165, 1.54) is 7.11 Å². The van der Waals surface area contributed by atoms with Crippen molar-refractivity contribution < 1.29 is 13.2 Å². The summed E-state index contributed by atoms with van der Waals surface area (Å²) in [5.74, 6) is 1.28. The van der Waals surface area contributed by atoms with Gasteiger partial charge in [-0.1, -0.05) is 11.6 Å². The zero-order valence-corrected chi connectivity index (χ0v) is 12.8. The van der Waals surface area contributed by atoms with Crippen LogP contribution in [-0.4, -0.2) is 40.7 Å². The summed E-state index contributed by atoms with van der Waals surface area (Å²) in [6.45, 7) is 1.61. The number of nitrogens with one attached hydrogen (secondary N) is 2. The Morgan fingerprint density at radius 2 is 2.25 bits per heavy atom. The van der Waals surface area contributed by atoms with Crippen LogP contribution in [0.2, 0.25) is 5.02 Å². The highest BCUT2D eigenvalue weighted by Crippen LogP contribution is 2.34. The van der Waals surface area contributed by atoms with Crippen molar-refractivity contribution in [1.82, 2.24) is 5.32 Å². The SMILES string of the molecule is COc1cc(CC2=NCCN2)cc(Cl)c1NS(C)(=O)=O. The monoisotopic (exact) mass is 317 g/mol. The first kappa shape index (κ1) is 14.9. The maximum Gasteiger partial charge on any atom is 0.229 e. The Bertz CT molecular complexity index is 644. The van der Waals surface area contributed by atoms with E-state index in [0.717, 1.165) is 30.7 Å². The third kappa shape index (κ3) is 3.77. The third-order valence-electron chi connectivity index (χ3n) is 2.74. The number of sulfonamides is 1. The zero-order chi connectivity index (χ0) is 14.8. The maximum absolute atomic E-state index is 11.3. The second-order valence-corrected chi connectivity index (χ2v) is 6.62. The number of hydrogen-bond donors (Lipinski definition) is 2. The van der Waals surface area contributed by atoms with Gasteiger partial charge in [-0.05, 0) is 17.7 Å². The van der Waals surface area contributed by atoms with Crippen molar-refractivity contribution in [1.29, 1.82) is 0 Å². The second kappa shape index (κ2) is 5.88. The van der Waals surface area contributed by atoms with Gasteiger partial charge in [0, 0.05) is 13.0 Å². The van der Waals surface area contributed by atoms with E-state index < -0.39 is 10.0 Å². The van der Waals surface area contributed by atoms with Crippen molar-refractivity contribution in [2.24, 2.45) is 4.99 Å². The molecule has 1 aromatic carbocycles. The minimum absolute atomic E-state index is 0.252. The van der Waals surface area contributed by atoms with Gasteiger partial charge >= 0.3 is 0 Å². The molecular formula is C12H16ClN3O3S. The van der Waals surface area contributed by atoms with E-state index in [1.54, 1.807) is 12.1 Å². The Morgan fingerprint density at radius 3 is 2.80 bits per heavy atom. The number of anilines is 1. The number of aliphatic imine (C=N–C) groups is 1. The van der Waals surface area contributed by atoms with Gasteiger partial charge in [0.15, 0.2) is 0 Å². The Hall–Kier alpha value is -1.47. The number of benzene rings is 1. The largest absolute Gasteiger partial charge is 0.494 e. The zero-order valence-electron chi connectivity index (χ0n) is 11.2. The molecule has 0 saturated carbocycles. The second-order valence-electron chi connectivity index (χ2n) is 4.46. The van der Waals surface area contributed by atoms with Crippen LogP contribution in [0.3, 0.4) is 0 Å². The summed E-state index contributed by atoms with van der Waals surface area (Å²) >= 11 is 6.14. The lowest BCUT2D eigenvalue weighted by molar-refractivity contribution is 0.416. The van der Waals surface area contributed by atoms with Gasteiger partial charge in [0.1, 0.15) is 17.3 Å². The number of nitrogens with zero attached hydrogens (tertiary/aromatic N) is 1. The highest BCUT2D eigenvalue weighted by Gasteiger charge is 2.15. The molecule has 0 atom stereocenters. The smallest absolute Gasteiger partial charge is 0.229 e. The van der Waals surface area contributed by atoms with E-state index in [9.17, 15) is 8.42 Å². The van der Waals surface area contributed by atoms with Gasteiger partial charge in [-0.3, -0.25) is 9.71 Å². The lowest BCUT2D eigenvalue weighted by Crippen LogP contribution is -2.20. The van der Waals surface area contributed by atoms with Gasteiger partial charge in [-0.15, -0.1) is 0 Å². The normalized spacial score (nSPS) is 14.7. The maximum atomic E-state index is 11.3. The van der Waals surface area contributed by atoms with Gasteiger partial charge in [0.2, 0.25) is 10.0 Å². The molecule has 1 aliphatic rings. The topological polar surface area (TPSA) is 79.8 Å². The molecule has 2 rings (SSSR count). The molecule has 1 aromatic rings. The van der Waals surface area contributed by atoms with Crippen LogP contribution in [0.4, 0.5) is 5.69 Å². The van der Waals surface area contributed by atoms with E-state index in [-0.39, 0.29) is 5.69 Å². The average Bonchev–Trinajstić information content (AvgIpc) is 2.83. The van der Waals surface area contributed by atoms with E-state index in [0.29, 0.717) is 17.2 Å². The summed E-state index contributed by atoms with van der Waals surface area (Å²) in [5, 5.41) is 3.46. The van der Waals surface area contributed by atoms with Gasteiger partial charge < -0.3 is 10.1 Å². The predicted octanol–water partition coefficient (Wildman–Crippen LogP) is 1.26. The van der Waals surface area contributed by atoms with E-state index in [1.807, 2.05) is 0 Å². The molecule has 0 saturated heterocycles. The number of methoxy groups -OCH3 is 1. The van der Waals surface area contributed by atoms with Gasteiger partial charge in [0.25, 0.3) is 0 Å². The molecule has 0 bridgehead atoms. The Morgan fingerprint density at radius 1 is 1.50 bits per heavy atom. The predicted molar refractivity (Wildman–Crippen MR) is 80.5 cm³/mol. The number of hydrogen-bond acceptors (Lipinski definition) is 5. The van der Waals surface area contributed by atoms with Crippen molar-refractivity contribution in [3.8, 4) is 5.75 Å². The minimum Gasteiger partial charge on any atom is -0.494 e. The van der Waals surface area contributed by atoms with Crippen molar-refractivity contribution in [3.63, 3.8) is 0 Å². The first-order valence-electron chi connectivity index (χ1n) is 6.00. The van der Waals surface area contributed by atoms with Crippen molar-refractivity contribution >= 4 is 33.1 Å². The highest BCUT2D eigenvalue weighted by molar-refractivity contribution is 7.92. The van der Waals surface area contributed by atoms with Crippen molar-refractivity contribution in [2.45, 2.75) is 6.42 Å². The quantitative estimate of drug-likeness (QED) is 0.857. The number of ether oxygens (including phenoxy) is 1. The fourth-order valence-corrected chi connectivity index (χ4v) is 2.86. The lowest BCUT2D eigenvalue weighted by atomic mass is 10.1. The summed E-state index contributed by atoms with van der Waals surface area (Å²) in [4.78, 5) is 4.31. The lowest BCUT2D eigenvalue weighted by Gasteiger charge is -2.14. The summed E-state index contributed by atoms with van der Waals surface area (Å²) in [6, 6.07) is 3.46. The molecule has 0 spiro atoms. The molecule has 110 valence electrons. The molecule has 0 amide bonds. The van der Waals surface area contributed by atoms with E-state index in [2.05, 4.69) is 15.0 Å². The average molecular weight is 318 g/mol. The first-order chi connectivity index (χ1) is 9.39. The fraction of sp³-hybridized carbons (Fsp3) is 0.417. The minimum atomic E-state index is -3.42. The molecule has 6 nitrogen and oxygen atoms in total.